The quantitative estimate of drug-likeness (QED) is 0.729. The zero-order chi connectivity index (χ0) is 18.9. The van der Waals surface area contributed by atoms with Gasteiger partial charge in [0, 0.05) is 13.1 Å². The molecule has 0 fully saturated rings. The molecule has 0 saturated heterocycles. The molecule has 0 atom stereocenters. The van der Waals surface area contributed by atoms with Crippen molar-refractivity contribution < 1.29 is 14.3 Å². The van der Waals surface area contributed by atoms with Crippen LogP contribution in [0.2, 0.25) is 0 Å². The number of methoxy groups -OCH3 is 2. The van der Waals surface area contributed by atoms with Crippen molar-refractivity contribution >= 4 is 5.91 Å². The van der Waals surface area contributed by atoms with Crippen LogP contribution in [0.4, 0.5) is 0 Å². The van der Waals surface area contributed by atoms with Crippen LogP contribution in [0.15, 0.2) is 42.5 Å². The molecule has 0 aliphatic rings. The van der Waals surface area contributed by atoms with E-state index < -0.39 is 0 Å². The molecule has 0 saturated carbocycles. The zero-order valence-corrected chi connectivity index (χ0v) is 15.5. The number of benzene rings is 2. The summed E-state index contributed by atoms with van der Waals surface area (Å²) in [5.41, 5.74) is 2.51. The molecular weight excluding hydrogens is 328 g/mol. The summed E-state index contributed by atoms with van der Waals surface area (Å²) in [6.07, 6.45) is 1.19. The van der Waals surface area contributed by atoms with Gasteiger partial charge in [0.15, 0.2) is 11.5 Å². The standard InChI is InChI=1S/C21H24N2O3/c1-4-11-23(15-17-7-5-16(14-22)6-8-17)21(24)13-18-9-10-19(25-2)20(12-18)26-3/h5-10,12H,4,11,13,15H2,1-3H3. The van der Waals surface area contributed by atoms with Gasteiger partial charge in [0.05, 0.1) is 32.3 Å². The van der Waals surface area contributed by atoms with E-state index in [0.717, 1.165) is 17.5 Å². The largest absolute Gasteiger partial charge is 0.493 e. The third-order valence-electron chi connectivity index (χ3n) is 4.11. The molecular formula is C21H24N2O3. The second-order valence-corrected chi connectivity index (χ2v) is 5.99. The van der Waals surface area contributed by atoms with Crippen molar-refractivity contribution in [3.05, 3.63) is 59.2 Å². The summed E-state index contributed by atoms with van der Waals surface area (Å²) in [6.45, 7) is 3.27. The van der Waals surface area contributed by atoms with E-state index in [1.54, 1.807) is 26.4 Å². The Hall–Kier alpha value is -3.00. The molecule has 0 aliphatic heterocycles. The number of nitrogens with zero attached hydrogens (tertiary/aromatic N) is 2. The molecule has 26 heavy (non-hydrogen) atoms. The maximum atomic E-state index is 12.8. The van der Waals surface area contributed by atoms with Gasteiger partial charge in [-0.05, 0) is 41.8 Å². The van der Waals surface area contributed by atoms with Gasteiger partial charge in [-0.15, -0.1) is 0 Å². The highest BCUT2D eigenvalue weighted by molar-refractivity contribution is 5.79. The van der Waals surface area contributed by atoms with E-state index in [1.807, 2.05) is 35.2 Å². The number of hydrogen-bond acceptors (Lipinski definition) is 4. The van der Waals surface area contributed by atoms with Crippen molar-refractivity contribution in [3.8, 4) is 17.6 Å². The number of nitriles is 1. The Morgan fingerprint density at radius 2 is 1.69 bits per heavy atom. The first kappa shape index (κ1) is 19.3. The molecule has 136 valence electrons. The summed E-state index contributed by atoms with van der Waals surface area (Å²) in [6, 6.07) is 15.0. The molecule has 0 unspecified atom stereocenters. The molecule has 0 aromatic heterocycles. The first-order valence-corrected chi connectivity index (χ1v) is 8.59. The first-order chi connectivity index (χ1) is 12.6. The summed E-state index contributed by atoms with van der Waals surface area (Å²) in [5, 5.41) is 8.89. The number of ether oxygens (including phenoxy) is 2. The van der Waals surface area contributed by atoms with Crippen molar-refractivity contribution in [1.29, 1.82) is 5.26 Å². The molecule has 2 aromatic carbocycles. The molecule has 5 nitrogen and oxygen atoms in total. The lowest BCUT2D eigenvalue weighted by molar-refractivity contribution is -0.131. The normalized spacial score (nSPS) is 10.1. The molecule has 0 spiro atoms. The second kappa shape index (κ2) is 9.47. The van der Waals surface area contributed by atoms with E-state index in [2.05, 4.69) is 13.0 Å². The van der Waals surface area contributed by atoms with Crippen LogP contribution in [-0.4, -0.2) is 31.6 Å². The fourth-order valence-corrected chi connectivity index (χ4v) is 2.74. The number of carbonyl (C=O) groups excluding carboxylic acids is 1. The van der Waals surface area contributed by atoms with Crippen LogP contribution in [0.1, 0.15) is 30.0 Å². The van der Waals surface area contributed by atoms with Gasteiger partial charge in [0.1, 0.15) is 0 Å². The van der Waals surface area contributed by atoms with Crippen LogP contribution < -0.4 is 9.47 Å². The minimum atomic E-state index is 0.0587. The molecule has 2 aromatic rings. The number of carbonyl (C=O) groups is 1. The van der Waals surface area contributed by atoms with Gasteiger partial charge in [-0.3, -0.25) is 4.79 Å². The number of rotatable bonds is 8. The third-order valence-corrected chi connectivity index (χ3v) is 4.11. The summed E-state index contributed by atoms with van der Waals surface area (Å²) in [5.74, 6) is 1.32. The molecule has 0 N–H and O–H groups in total. The van der Waals surface area contributed by atoms with Crippen LogP contribution in [0.5, 0.6) is 11.5 Å². The number of hydrogen-bond donors (Lipinski definition) is 0. The van der Waals surface area contributed by atoms with Gasteiger partial charge >= 0.3 is 0 Å². The average Bonchev–Trinajstić information content (AvgIpc) is 2.68. The highest BCUT2D eigenvalue weighted by atomic mass is 16.5. The van der Waals surface area contributed by atoms with E-state index in [0.29, 0.717) is 36.6 Å². The summed E-state index contributed by atoms with van der Waals surface area (Å²) < 4.78 is 10.5. The Morgan fingerprint density at radius 1 is 1.04 bits per heavy atom. The van der Waals surface area contributed by atoms with Crippen LogP contribution >= 0.6 is 0 Å². The van der Waals surface area contributed by atoms with E-state index in [4.69, 9.17) is 14.7 Å². The Balaban J connectivity index is 2.11. The zero-order valence-electron chi connectivity index (χ0n) is 15.5. The molecule has 2 rings (SSSR count). The minimum Gasteiger partial charge on any atom is -0.493 e. The Kier molecular flexibility index (Phi) is 7.04. The predicted molar refractivity (Wildman–Crippen MR) is 100 cm³/mol. The molecule has 5 heteroatoms. The maximum absolute atomic E-state index is 12.8. The highest BCUT2D eigenvalue weighted by Crippen LogP contribution is 2.28. The van der Waals surface area contributed by atoms with Gasteiger partial charge in [-0.1, -0.05) is 25.1 Å². The number of amides is 1. The van der Waals surface area contributed by atoms with Gasteiger partial charge in [0.2, 0.25) is 5.91 Å². The maximum Gasteiger partial charge on any atom is 0.227 e. The van der Waals surface area contributed by atoms with E-state index in [-0.39, 0.29) is 5.91 Å². The fourth-order valence-electron chi connectivity index (χ4n) is 2.74. The van der Waals surface area contributed by atoms with Crippen LogP contribution in [0.3, 0.4) is 0 Å². The minimum absolute atomic E-state index is 0.0587. The molecule has 0 radical (unpaired) electrons. The lowest BCUT2D eigenvalue weighted by atomic mass is 10.1. The summed E-state index contributed by atoms with van der Waals surface area (Å²) >= 11 is 0. The predicted octanol–water partition coefficient (Wildman–Crippen LogP) is 3.56. The fraction of sp³-hybridized carbons (Fsp3) is 0.333. The summed E-state index contributed by atoms with van der Waals surface area (Å²) in [4.78, 5) is 14.6. The second-order valence-electron chi connectivity index (χ2n) is 5.99. The Bertz CT molecular complexity index is 779. The van der Waals surface area contributed by atoms with Crippen molar-refractivity contribution in [2.24, 2.45) is 0 Å². The Morgan fingerprint density at radius 3 is 2.27 bits per heavy atom. The smallest absolute Gasteiger partial charge is 0.227 e. The lowest BCUT2D eigenvalue weighted by Crippen LogP contribution is -2.32. The molecule has 0 aliphatic carbocycles. The SMILES string of the molecule is CCCN(Cc1ccc(C#N)cc1)C(=O)Cc1ccc(OC)c(OC)c1. The highest BCUT2D eigenvalue weighted by Gasteiger charge is 2.15. The molecule has 0 heterocycles. The first-order valence-electron chi connectivity index (χ1n) is 8.59. The molecule has 0 bridgehead atoms. The summed E-state index contributed by atoms with van der Waals surface area (Å²) in [7, 11) is 3.17. The third kappa shape index (κ3) is 5.00. The lowest BCUT2D eigenvalue weighted by Gasteiger charge is -2.22. The molecule has 1 amide bonds. The van der Waals surface area contributed by atoms with E-state index in [1.165, 1.54) is 0 Å². The van der Waals surface area contributed by atoms with Gasteiger partial charge in [-0.2, -0.15) is 5.26 Å². The van der Waals surface area contributed by atoms with Crippen LogP contribution in [0, 0.1) is 11.3 Å². The van der Waals surface area contributed by atoms with Crippen molar-refractivity contribution in [1.82, 2.24) is 4.90 Å². The van der Waals surface area contributed by atoms with Gasteiger partial charge in [-0.25, -0.2) is 0 Å². The van der Waals surface area contributed by atoms with Crippen LogP contribution in [0.25, 0.3) is 0 Å². The average molecular weight is 352 g/mol. The van der Waals surface area contributed by atoms with Gasteiger partial charge < -0.3 is 14.4 Å². The monoisotopic (exact) mass is 352 g/mol. The topological polar surface area (TPSA) is 62.6 Å². The van der Waals surface area contributed by atoms with Gasteiger partial charge in [0.25, 0.3) is 0 Å². The Labute approximate surface area is 154 Å². The van der Waals surface area contributed by atoms with E-state index in [9.17, 15) is 4.79 Å². The van der Waals surface area contributed by atoms with Crippen molar-refractivity contribution in [2.75, 3.05) is 20.8 Å². The van der Waals surface area contributed by atoms with E-state index >= 15 is 0 Å². The van der Waals surface area contributed by atoms with Crippen molar-refractivity contribution in [3.63, 3.8) is 0 Å². The van der Waals surface area contributed by atoms with Crippen LogP contribution in [-0.2, 0) is 17.8 Å². The van der Waals surface area contributed by atoms with Crippen molar-refractivity contribution in [2.45, 2.75) is 26.3 Å².